The van der Waals surface area contributed by atoms with Crippen LogP contribution in [0, 0.1) is 5.41 Å². The van der Waals surface area contributed by atoms with Crippen molar-refractivity contribution in [1.29, 1.82) is 0 Å². The number of halogens is 1. The Kier molecular flexibility index (Phi) is 3.36. The normalized spacial score (nSPS) is 16.6. The van der Waals surface area contributed by atoms with Crippen LogP contribution in [0.15, 0.2) is 0 Å². The second-order valence-corrected chi connectivity index (χ2v) is 5.09. The maximum atomic E-state index is 9.62. The second-order valence-electron chi connectivity index (χ2n) is 4.11. The number of hydrogen-bond acceptors (Lipinski definition) is 2. The number of aliphatic hydroxyl groups is 2. The highest BCUT2D eigenvalue weighted by Gasteiger charge is 2.37. The van der Waals surface area contributed by atoms with Crippen molar-refractivity contribution in [1.82, 2.24) is 0 Å². The summed E-state index contributed by atoms with van der Waals surface area (Å²) in [6, 6.07) is 0. The molecule has 0 aliphatic heterocycles. The Labute approximate surface area is 73.2 Å². The first-order valence-corrected chi connectivity index (χ1v) is 4.07. The summed E-state index contributed by atoms with van der Waals surface area (Å²) in [5.74, 6) is 0. The van der Waals surface area contributed by atoms with E-state index in [1.807, 2.05) is 0 Å². The zero-order valence-corrected chi connectivity index (χ0v) is 8.31. The maximum absolute atomic E-state index is 9.62. The van der Waals surface area contributed by atoms with Gasteiger partial charge in [-0.3, -0.25) is 0 Å². The van der Waals surface area contributed by atoms with Crippen LogP contribution in [-0.2, 0) is 0 Å². The van der Waals surface area contributed by atoms with Gasteiger partial charge in [-0.2, -0.15) is 0 Å². The lowest BCUT2D eigenvalue weighted by atomic mass is 9.81. The van der Waals surface area contributed by atoms with Crippen molar-refractivity contribution in [3.63, 3.8) is 0 Å². The van der Waals surface area contributed by atoms with Crippen LogP contribution >= 0.6 is 11.6 Å². The minimum Gasteiger partial charge on any atom is -0.396 e. The van der Waals surface area contributed by atoms with E-state index in [0.29, 0.717) is 0 Å². The number of rotatable bonds is 3. The molecule has 0 saturated heterocycles. The Hall–Kier alpha value is 0.210. The summed E-state index contributed by atoms with van der Waals surface area (Å²) in [4.78, 5) is -0.688. The largest absolute Gasteiger partial charge is 0.396 e. The van der Waals surface area contributed by atoms with E-state index in [1.165, 1.54) is 0 Å². The summed E-state index contributed by atoms with van der Waals surface area (Å²) < 4.78 is 0. The SMILES string of the molecule is CC(C)(Cl)C(O)C(C)(C)CO. The average molecular weight is 181 g/mol. The van der Waals surface area contributed by atoms with Crippen molar-refractivity contribution < 1.29 is 10.2 Å². The molecule has 0 amide bonds. The van der Waals surface area contributed by atoms with Crippen molar-refractivity contribution in [2.45, 2.75) is 38.7 Å². The van der Waals surface area contributed by atoms with Crippen molar-refractivity contribution in [2.24, 2.45) is 5.41 Å². The van der Waals surface area contributed by atoms with Gasteiger partial charge in [-0.05, 0) is 13.8 Å². The molecule has 1 atom stereocenters. The highest BCUT2D eigenvalue weighted by Crippen LogP contribution is 2.31. The Bertz CT molecular complexity index is 127. The van der Waals surface area contributed by atoms with E-state index in [-0.39, 0.29) is 6.61 Å². The van der Waals surface area contributed by atoms with Crippen LogP contribution in [0.3, 0.4) is 0 Å². The van der Waals surface area contributed by atoms with Crippen LogP contribution < -0.4 is 0 Å². The van der Waals surface area contributed by atoms with Gasteiger partial charge in [0.15, 0.2) is 0 Å². The zero-order chi connectivity index (χ0) is 9.28. The molecule has 2 N–H and O–H groups in total. The van der Waals surface area contributed by atoms with Gasteiger partial charge in [-0.15, -0.1) is 11.6 Å². The summed E-state index contributed by atoms with van der Waals surface area (Å²) >= 11 is 5.89. The van der Waals surface area contributed by atoms with Gasteiger partial charge in [0.25, 0.3) is 0 Å². The third-order valence-corrected chi connectivity index (χ3v) is 2.00. The molecular formula is C8H17ClO2. The fourth-order valence-electron chi connectivity index (χ4n) is 1.02. The van der Waals surface area contributed by atoms with Crippen LogP contribution in [0.1, 0.15) is 27.7 Å². The summed E-state index contributed by atoms with van der Waals surface area (Å²) in [6.07, 6.45) is -0.707. The lowest BCUT2D eigenvalue weighted by Crippen LogP contribution is -2.44. The van der Waals surface area contributed by atoms with Crippen LogP contribution in [0.25, 0.3) is 0 Å². The standard InChI is InChI=1S/C8H17ClO2/c1-7(2,5-10)6(11)8(3,4)9/h6,10-11H,5H2,1-4H3. The van der Waals surface area contributed by atoms with Gasteiger partial charge >= 0.3 is 0 Å². The predicted molar refractivity (Wildman–Crippen MR) is 46.8 cm³/mol. The first-order chi connectivity index (χ1) is 4.72. The van der Waals surface area contributed by atoms with Gasteiger partial charge in [0.2, 0.25) is 0 Å². The van der Waals surface area contributed by atoms with E-state index in [0.717, 1.165) is 0 Å². The van der Waals surface area contributed by atoms with Crippen molar-refractivity contribution in [3.05, 3.63) is 0 Å². The molecule has 2 nitrogen and oxygen atoms in total. The first-order valence-electron chi connectivity index (χ1n) is 3.69. The lowest BCUT2D eigenvalue weighted by Gasteiger charge is -2.35. The minimum atomic E-state index is -0.707. The molecule has 0 bridgehead atoms. The Balaban J connectivity index is 4.35. The van der Waals surface area contributed by atoms with Crippen molar-refractivity contribution in [2.75, 3.05) is 6.61 Å². The topological polar surface area (TPSA) is 40.5 Å². The van der Waals surface area contributed by atoms with Gasteiger partial charge in [-0.25, -0.2) is 0 Å². The molecular weight excluding hydrogens is 164 g/mol. The molecule has 0 aliphatic rings. The zero-order valence-electron chi connectivity index (χ0n) is 7.56. The molecule has 0 saturated carbocycles. The molecule has 0 heterocycles. The van der Waals surface area contributed by atoms with Gasteiger partial charge in [0.1, 0.15) is 0 Å². The molecule has 0 radical (unpaired) electrons. The van der Waals surface area contributed by atoms with Gasteiger partial charge in [0, 0.05) is 5.41 Å². The van der Waals surface area contributed by atoms with Crippen LogP contribution in [0.4, 0.5) is 0 Å². The molecule has 0 aromatic carbocycles. The molecule has 0 rings (SSSR count). The van der Waals surface area contributed by atoms with E-state index in [1.54, 1.807) is 27.7 Å². The van der Waals surface area contributed by atoms with E-state index in [4.69, 9.17) is 16.7 Å². The van der Waals surface area contributed by atoms with E-state index >= 15 is 0 Å². The highest BCUT2D eigenvalue weighted by atomic mass is 35.5. The smallest absolute Gasteiger partial charge is 0.0799 e. The Morgan fingerprint density at radius 3 is 1.73 bits per heavy atom. The van der Waals surface area contributed by atoms with Crippen LogP contribution in [0.5, 0.6) is 0 Å². The quantitative estimate of drug-likeness (QED) is 0.645. The molecule has 0 aliphatic carbocycles. The molecule has 0 spiro atoms. The first kappa shape index (κ1) is 11.2. The average Bonchev–Trinajstić information content (AvgIpc) is 1.84. The molecule has 0 fully saturated rings. The summed E-state index contributed by atoms with van der Waals surface area (Å²) in [7, 11) is 0. The lowest BCUT2D eigenvalue weighted by molar-refractivity contribution is -0.0118. The second kappa shape index (κ2) is 3.30. The van der Waals surface area contributed by atoms with Crippen LogP contribution in [0.2, 0.25) is 0 Å². The minimum absolute atomic E-state index is 0.0652. The number of aliphatic hydroxyl groups excluding tert-OH is 2. The third kappa shape index (κ3) is 2.97. The number of hydrogen-bond donors (Lipinski definition) is 2. The number of alkyl halides is 1. The molecule has 1 unspecified atom stereocenters. The van der Waals surface area contributed by atoms with Gasteiger partial charge in [0.05, 0.1) is 17.6 Å². The van der Waals surface area contributed by atoms with E-state index < -0.39 is 16.4 Å². The Morgan fingerprint density at radius 2 is 1.64 bits per heavy atom. The van der Waals surface area contributed by atoms with Gasteiger partial charge < -0.3 is 10.2 Å². The molecule has 11 heavy (non-hydrogen) atoms. The maximum Gasteiger partial charge on any atom is 0.0799 e. The summed E-state index contributed by atoms with van der Waals surface area (Å²) in [5, 5.41) is 18.5. The fourth-order valence-corrected chi connectivity index (χ4v) is 1.31. The van der Waals surface area contributed by atoms with Crippen molar-refractivity contribution in [3.8, 4) is 0 Å². The van der Waals surface area contributed by atoms with E-state index in [2.05, 4.69) is 0 Å². The third-order valence-electron chi connectivity index (χ3n) is 1.80. The fraction of sp³-hybridized carbons (Fsp3) is 1.00. The summed E-state index contributed by atoms with van der Waals surface area (Å²) in [5.41, 5.74) is -0.536. The van der Waals surface area contributed by atoms with E-state index in [9.17, 15) is 5.11 Å². The molecule has 0 aromatic rings. The van der Waals surface area contributed by atoms with Crippen molar-refractivity contribution >= 4 is 11.6 Å². The molecule has 0 aromatic heterocycles. The highest BCUT2D eigenvalue weighted by molar-refractivity contribution is 6.23. The van der Waals surface area contributed by atoms with Gasteiger partial charge in [-0.1, -0.05) is 13.8 Å². The predicted octanol–water partition coefficient (Wildman–Crippen LogP) is 1.38. The monoisotopic (exact) mass is 180 g/mol. The Morgan fingerprint density at radius 1 is 1.27 bits per heavy atom. The summed E-state index contributed by atoms with van der Waals surface area (Å²) in [6.45, 7) is 6.96. The molecule has 3 heteroatoms. The van der Waals surface area contributed by atoms with Crippen LogP contribution in [-0.4, -0.2) is 27.8 Å². The molecule has 68 valence electrons.